The zero-order valence-corrected chi connectivity index (χ0v) is 14.7. The Balaban J connectivity index is 2.19. The Morgan fingerprint density at radius 3 is 2.65 bits per heavy atom. The summed E-state index contributed by atoms with van der Waals surface area (Å²) < 4.78 is 5.69. The maximum Gasteiger partial charge on any atom is 0.259 e. The first-order valence-electron chi connectivity index (χ1n) is 7.51. The summed E-state index contributed by atoms with van der Waals surface area (Å²) in [6, 6.07) is 10.4. The fraction of sp³-hybridized carbons (Fsp3) is 0.278. The van der Waals surface area contributed by atoms with Gasteiger partial charge in [0.15, 0.2) is 0 Å². The van der Waals surface area contributed by atoms with E-state index in [0.717, 1.165) is 18.4 Å². The van der Waals surface area contributed by atoms with E-state index < -0.39 is 0 Å². The molecule has 5 heteroatoms. The van der Waals surface area contributed by atoms with Crippen LogP contribution in [0.3, 0.4) is 0 Å². The molecule has 0 aliphatic heterocycles. The molecule has 0 heterocycles. The van der Waals surface area contributed by atoms with E-state index in [1.807, 2.05) is 13.0 Å². The van der Waals surface area contributed by atoms with Crippen LogP contribution in [0.5, 0.6) is 5.75 Å². The number of nitrogens with one attached hydrogen (secondary N) is 1. The highest BCUT2D eigenvalue weighted by atomic mass is 35.5. The fourth-order valence-electron chi connectivity index (χ4n) is 2.00. The molecule has 3 nitrogen and oxygen atoms in total. The molecule has 2 aromatic rings. The van der Waals surface area contributed by atoms with Crippen LogP contribution in [0.25, 0.3) is 0 Å². The predicted octanol–water partition coefficient (Wildman–Crippen LogP) is 5.73. The molecule has 0 atom stereocenters. The van der Waals surface area contributed by atoms with Gasteiger partial charge in [-0.1, -0.05) is 42.6 Å². The molecule has 122 valence electrons. The van der Waals surface area contributed by atoms with Gasteiger partial charge in [-0.05, 0) is 49.2 Å². The summed E-state index contributed by atoms with van der Waals surface area (Å²) in [5, 5.41) is 3.91. The first kappa shape index (κ1) is 17.6. The van der Waals surface area contributed by atoms with Gasteiger partial charge < -0.3 is 10.1 Å². The molecule has 23 heavy (non-hydrogen) atoms. The number of ether oxygens (including phenoxy) is 1. The van der Waals surface area contributed by atoms with Gasteiger partial charge >= 0.3 is 0 Å². The summed E-state index contributed by atoms with van der Waals surface area (Å²) in [6.07, 6.45) is 1.95. The molecule has 0 bridgehead atoms. The Bertz CT molecular complexity index is 701. The highest BCUT2D eigenvalue weighted by Gasteiger charge is 2.14. The second-order valence-corrected chi connectivity index (χ2v) is 6.10. The normalized spacial score (nSPS) is 10.4. The minimum Gasteiger partial charge on any atom is -0.493 e. The first-order chi connectivity index (χ1) is 11.0. The van der Waals surface area contributed by atoms with Crippen LogP contribution in [0.2, 0.25) is 10.0 Å². The second-order valence-electron chi connectivity index (χ2n) is 5.26. The molecule has 0 saturated heterocycles. The van der Waals surface area contributed by atoms with Crippen molar-refractivity contribution in [3.8, 4) is 5.75 Å². The molecule has 0 saturated carbocycles. The van der Waals surface area contributed by atoms with Gasteiger partial charge in [0.05, 0.1) is 12.2 Å². The van der Waals surface area contributed by atoms with Crippen molar-refractivity contribution >= 4 is 34.8 Å². The van der Waals surface area contributed by atoms with E-state index in [-0.39, 0.29) is 5.91 Å². The maximum absolute atomic E-state index is 12.5. The lowest BCUT2D eigenvalue weighted by Crippen LogP contribution is -2.14. The van der Waals surface area contributed by atoms with Crippen LogP contribution in [-0.4, -0.2) is 12.5 Å². The van der Waals surface area contributed by atoms with E-state index in [0.29, 0.717) is 33.7 Å². The molecule has 0 aromatic heterocycles. The molecule has 0 unspecified atom stereocenters. The number of rotatable bonds is 6. The Hall–Kier alpha value is -1.71. The number of anilines is 1. The molecule has 0 aliphatic rings. The van der Waals surface area contributed by atoms with E-state index in [2.05, 4.69) is 12.2 Å². The van der Waals surface area contributed by atoms with E-state index in [9.17, 15) is 4.79 Å². The summed E-state index contributed by atoms with van der Waals surface area (Å²) in [5.74, 6) is 0.248. The number of hydrogen-bond acceptors (Lipinski definition) is 2. The topological polar surface area (TPSA) is 38.3 Å². The zero-order chi connectivity index (χ0) is 16.8. The summed E-state index contributed by atoms with van der Waals surface area (Å²) in [6.45, 7) is 4.55. The van der Waals surface area contributed by atoms with Gasteiger partial charge in [0.2, 0.25) is 0 Å². The van der Waals surface area contributed by atoms with Crippen LogP contribution in [0.4, 0.5) is 5.69 Å². The first-order valence-corrected chi connectivity index (χ1v) is 8.26. The number of hydrogen-bond donors (Lipinski definition) is 1. The number of benzene rings is 2. The zero-order valence-electron chi connectivity index (χ0n) is 13.2. The summed E-state index contributed by atoms with van der Waals surface area (Å²) in [4.78, 5) is 12.5. The molecule has 2 aromatic carbocycles. The summed E-state index contributed by atoms with van der Waals surface area (Å²) in [5.41, 5.74) is 1.99. The van der Waals surface area contributed by atoms with Gasteiger partial charge in [0, 0.05) is 15.7 Å². The molecule has 0 spiro atoms. The van der Waals surface area contributed by atoms with Gasteiger partial charge in [-0.2, -0.15) is 0 Å². The molecule has 0 fully saturated rings. The number of unbranched alkanes of at least 4 members (excludes halogenated alkanes) is 1. The number of carbonyl (C=O) groups excluding carboxylic acids is 1. The Kier molecular flexibility index (Phi) is 6.31. The van der Waals surface area contributed by atoms with Crippen LogP contribution in [0.1, 0.15) is 35.7 Å². The highest BCUT2D eigenvalue weighted by molar-refractivity contribution is 6.32. The van der Waals surface area contributed by atoms with Crippen molar-refractivity contribution in [1.82, 2.24) is 0 Å². The van der Waals surface area contributed by atoms with E-state index in [4.69, 9.17) is 27.9 Å². The van der Waals surface area contributed by atoms with Gasteiger partial charge in [-0.15, -0.1) is 0 Å². The maximum atomic E-state index is 12.5. The number of aryl methyl sites for hydroxylation is 1. The number of carbonyl (C=O) groups is 1. The Labute approximate surface area is 146 Å². The van der Waals surface area contributed by atoms with Crippen molar-refractivity contribution in [1.29, 1.82) is 0 Å². The lowest BCUT2D eigenvalue weighted by atomic mass is 10.1. The standard InChI is InChI=1S/C18H19Cl2NO2/c1-3-4-9-23-17-8-6-13(19)10-15(17)18(22)21-14-7-5-12(2)16(20)11-14/h5-8,10-11H,3-4,9H2,1-2H3,(H,21,22). The third kappa shape index (κ3) is 4.88. The molecule has 2 rings (SSSR count). The van der Waals surface area contributed by atoms with Crippen LogP contribution in [-0.2, 0) is 0 Å². The predicted molar refractivity (Wildman–Crippen MR) is 96.0 cm³/mol. The Morgan fingerprint density at radius 2 is 1.96 bits per heavy atom. The minimum absolute atomic E-state index is 0.279. The molecular formula is C18H19Cl2NO2. The summed E-state index contributed by atoms with van der Waals surface area (Å²) >= 11 is 12.1. The van der Waals surface area contributed by atoms with Crippen molar-refractivity contribution in [2.24, 2.45) is 0 Å². The lowest BCUT2D eigenvalue weighted by Gasteiger charge is -2.12. The van der Waals surface area contributed by atoms with Crippen LogP contribution < -0.4 is 10.1 Å². The Morgan fingerprint density at radius 1 is 1.17 bits per heavy atom. The fourth-order valence-corrected chi connectivity index (χ4v) is 2.35. The molecule has 0 aliphatic carbocycles. The molecule has 1 N–H and O–H groups in total. The van der Waals surface area contributed by atoms with Crippen LogP contribution >= 0.6 is 23.2 Å². The average Bonchev–Trinajstić information content (AvgIpc) is 2.52. The average molecular weight is 352 g/mol. The highest BCUT2D eigenvalue weighted by Crippen LogP contribution is 2.25. The van der Waals surface area contributed by atoms with Crippen molar-refractivity contribution < 1.29 is 9.53 Å². The van der Waals surface area contributed by atoms with Gasteiger partial charge in [-0.25, -0.2) is 0 Å². The number of amides is 1. The van der Waals surface area contributed by atoms with E-state index in [1.54, 1.807) is 30.3 Å². The monoisotopic (exact) mass is 351 g/mol. The van der Waals surface area contributed by atoms with Crippen molar-refractivity contribution in [2.75, 3.05) is 11.9 Å². The SMILES string of the molecule is CCCCOc1ccc(Cl)cc1C(=O)Nc1ccc(C)c(Cl)c1. The van der Waals surface area contributed by atoms with Crippen LogP contribution in [0.15, 0.2) is 36.4 Å². The summed E-state index contributed by atoms with van der Waals surface area (Å²) in [7, 11) is 0. The quantitative estimate of drug-likeness (QED) is 0.674. The molecule has 0 radical (unpaired) electrons. The largest absolute Gasteiger partial charge is 0.493 e. The van der Waals surface area contributed by atoms with Crippen LogP contribution in [0, 0.1) is 6.92 Å². The van der Waals surface area contributed by atoms with Gasteiger partial charge in [0.1, 0.15) is 5.75 Å². The third-order valence-electron chi connectivity index (χ3n) is 3.37. The molecular weight excluding hydrogens is 333 g/mol. The second kappa shape index (κ2) is 8.23. The van der Waals surface area contributed by atoms with Gasteiger partial charge in [0.25, 0.3) is 5.91 Å². The third-order valence-corrected chi connectivity index (χ3v) is 4.01. The van der Waals surface area contributed by atoms with Crippen molar-refractivity contribution in [3.05, 3.63) is 57.6 Å². The molecule has 1 amide bonds. The lowest BCUT2D eigenvalue weighted by molar-refractivity contribution is 0.102. The van der Waals surface area contributed by atoms with Crippen molar-refractivity contribution in [3.63, 3.8) is 0 Å². The minimum atomic E-state index is -0.279. The number of halogens is 2. The van der Waals surface area contributed by atoms with Crippen molar-refractivity contribution in [2.45, 2.75) is 26.7 Å². The van der Waals surface area contributed by atoms with E-state index in [1.165, 1.54) is 0 Å². The van der Waals surface area contributed by atoms with E-state index >= 15 is 0 Å². The smallest absolute Gasteiger partial charge is 0.259 e. The van der Waals surface area contributed by atoms with Gasteiger partial charge in [-0.3, -0.25) is 4.79 Å².